The summed E-state index contributed by atoms with van der Waals surface area (Å²) in [5.41, 5.74) is 2.86. The summed E-state index contributed by atoms with van der Waals surface area (Å²) in [4.78, 5) is 24.5. The molecule has 0 spiro atoms. The summed E-state index contributed by atoms with van der Waals surface area (Å²) in [6.07, 6.45) is 0. The van der Waals surface area contributed by atoms with Crippen molar-refractivity contribution in [3.05, 3.63) is 56.4 Å². The summed E-state index contributed by atoms with van der Waals surface area (Å²) in [7, 11) is 1.65. The average molecular weight is 455 g/mol. The minimum atomic E-state index is -0.494. The van der Waals surface area contributed by atoms with E-state index in [1.165, 1.54) is 0 Å². The van der Waals surface area contributed by atoms with E-state index in [1.807, 2.05) is 39.0 Å². The molecule has 0 N–H and O–H groups in total. The molecule has 1 atom stereocenters. The van der Waals surface area contributed by atoms with E-state index in [-0.39, 0.29) is 18.4 Å². The molecule has 25 heavy (non-hydrogen) atoms. The number of nitrogens with zero attached hydrogens (tertiary/aromatic N) is 1. The molecule has 5 nitrogen and oxygen atoms in total. The molecule has 1 aromatic carbocycles. The highest BCUT2D eigenvalue weighted by molar-refractivity contribution is 14.1. The normalized spacial score (nSPS) is 12.0. The van der Waals surface area contributed by atoms with Gasteiger partial charge >= 0.3 is 5.97 Å². The highest BCUT2D eigenvalue weighted by Crippen LogP contribution is 2.21. The fourth-order valence-electron chi connectivity index (χ4n) is 2.93. The first kappa shape index (κ1) is 19.7. The van der Waals surface area contributed by atoms with Gasteiger partial charge in [0.1, 0.15) is 0 Å². The molecular weight excluding hydrogens is 433 g/mol. The maximum absolute atomic E-state index is 12.5. The van der Waals surface area contributed by atoms with Crippen molar-refractivity contribution in [1.29, 1.82) is 0 Å². The van der Waals surface area contributed by atoms with Crippen LogP contribution in [-0.2, 0) is 9.47 Å². The summed E-state index contributed by atoms with van der Waals surface area (Å²) >= 11 is 2.16. The third-order valence-corrected chi connectivity index (χ3v) is 4.77. The second-order valence-electron chi connectivity index (χ2n) is 5.97. The zero-order valence-electron chi connectivity index (χ0n) is 14.8. The van der Waals surface area contributed by atoms with Crippen LogP contribution in [0, 0.1) is 17.4 Å². The Bertz CT molecular complexity index is 764. The lowest BCUT2D eigenvalue weighted by atomic mass is 10.1. The predicted octanol–water partition coefficient (Wildman–Crippen LogP) is 3.96. The maximum Gasteiger partial charge on any atom is 0.338 e. The number of halogens is 1. The van der Waals surface area contributed by atoms with Crippen LogP contribution in [0.3, 0.4) is 0 Å². The molecule has 2 rings (SSSR count). The lowest BCUT2D eigenvalue weighted by molar-refractivity contribution is 0.0474. The maximum atomic E-state index is 12.5. The number of carbonyl (C=O) groups excluding carboxylic acids is 2. The van der Waals surface area contributed by atoms with Gasteiger partial charge in [0.15, 0.2) is 6.61 Å². The van der Waals surface area contributed by atoms with Crippen molar-refractivity contribution in [2.24, 2.45) is 0 Å². The largest absolute Gasteiger partial charge is 0.454 e. The van der Waals surface area contributed by atoms with Gasteiger partial charge in [-0.25, -0.2) is 4.79 Å². The molecule has 2 aromatic rings. The van der Waals surface area contributed by atoms with Crippen LogP contribution in [0.15, 0.2) is 30.3 Å². The summed E-state index contributed by atoms with van der Waals surface area (Å²) in [6, 6.07) is 8.98. The van der Waals surface area contributed by atoms with Gasteiger partial charge in [-0.2, -0.15) is 0 Å². The molecule has 1 heterocycles. The molecule has 0 aliphatic rings. The Hall–Kier alpha value is -1.67. The second kappa shape index (κ2) is 8.62. The van der Waals surface area contributed by atoms with Crippen molar-refractivity contribution >= 4 is 34.3 Å². The number of hydrogen-bond acceptors (Lipinski definition) is 4. The van der Waals surface area contributed by atoms with Gasteiger partial charge in [0.2, 0.25) is 5.78 Å². The molecule has 0 unspecified atom stereocenters. The van der Waals surface area contributed by atoms with Crippen molar-refractivity contribution in [2.75, 3.05) is 20.3 Å². The van der Waals surface area contributed by atoms with Crippen LogP contribution in [-0.4, -0.2) is 36.6 Å². The highest BCUT2D eigenvalue weighted by atomic mass is 127. The van der Waals surface area contributed by atoms with Gasteiger partial charge in [0, 0.05) is 27.6 Å². The predicted molar refractivity (Wildman–Crippen MR) is 104 cm³/mol. The number of hydrogen-bond donors (Lipinski definition) is 0. The molecule has 0 amide bonds. The number of carbonyl (C=O) groups is 2. The van der Waals surface area contributed by atoms with Crippen LogP contribution < -0.4 is 0 Å². The lowest BCUT2D eigenvalue weighted by Crippen LogP contribution is -2.17. The first-order chi connectivity index (χ1) is 11.8. The lowest BCUT2D eigenvalue weighted by Gasteiger charge is -2.17. The van der Waals surface area contributed by atoms with Gasteiger partial charge in [-0.3, -0.25) is 4.79 Å². The smallest absolute Gasteiger partial charge is 0.338 e. The number of benzene rings is 1. The monoisotopic (exact) mass is 455 g/mol. The number of ether oxygens (including phenoxy) is 2. The Morgan fingerprint density at radius 2 is 1.84 bits per heavy atom. The van der Waals surface area contributed by atoms with Crippen LogP contribution in [0.1, 0.15) is 45.1 Å². The summed E-state index contributed by atoms with van der Waals surface area (Å²) in [5, 5.41) is 0. The van der Waals surface area contributed by atoms with Gasteiger partial charge in [-0.1, -0.05) is 0 Å². The molecule has 1 aromatic heterocycles. The molecule has 0 radical (unpaired) electrons. The van der Waals surface area contributed by atoms with Gasteiger partial charge in [-0.15, -0.1) is 0 Å². The quantitative estimate of drug-likeness (QED) is 0.361. The molecule has 134 valence electrons. The second-order valence-corrected chi connectivity index (χ2v) is 7.21. The molecular formula is C19H22INO4. The molecule has 0 saturated heterocycles. The van der Waals surface area contributed by atoms with Crippen LogP contribution in [0.5, 0.6) is 0 Å². The Morgan fingerprint density at radius 1 is 1.20 bits per heavy atom. The minimum absolute atomic E-state index is 0.126. The first-order valence-corrected chi connectivity index (χ1v) is 9.06. The zero-order valence-corrected chi connectivity index (χ0v) is 17.0. The van der Waals surface area contributed by atoms with E-state index in [2.05, 4.69) is 27.2 Å². The number of rotatable bonds is 7. The van der Waals surface area contributed by atoms with E-state index in [0.717, 1.165) is 15.0 Å². The number of aryl methyl sites for hydroxylation is 1. The molecule has 0 aliphatic carbocycles. The van der Waals surface area contributed by atoms with Gasteiger partial charge in [-0.05, 0) is 73.7 Å². The van der Waals surface area contributed by atoms with Crippen molar-refractivity contribution in [2.45, 2.75) is 26.8 Å². The van der Waals surface area contributed by atoms with Crippen molar-refractivity contribution in [3.8, 4) is 0 Å². The topological polar surface area (TPSA) is 57.5 Å². The fourth-order valence-corrected chi connectivity index (χ4v) is 3.29. The zero-order chi connectivity index (χ0) is 18.6. The standard InChI is InChI=1S/C19H22INO4/c1-12-9-17(14(3)21(12)13(2)10-24-4)18(22)11-25-19(23)15-5-7-16(20)8-6-15/h5-9,13H,10-11H2,1-4H3/t13-/m1/s1. The molecule has 0 bridgehead atoms. The van der Waals surface area contributed by atoms with E-state index in [4.69, 9.17) is 9.47 Å². The first-order valence-electron chi connectivity index (χ1n) is 7.98. The van der Waals surface area contributed by atoms with E-state index in [1.54, 1.807) is 19.2 Å². The Kier molecular flexibility index (Phi) is 6.78. The minimum Gasteiger partial charge on any atom is -0.454 e. The van der Waals surface area contributed by atoms with Gasteiger partial charge in [0.25, 0.3) is 0 Å². The molecule has 6 heteroatoms. The molecule has 0 fully saturated rings. The van der Waals surface area contributed by atoms with Crippen molar-refractivity contribution < 1.29 is 19.1 Å². The average Bonchev–Trinajstić information content (AvgIpc) is 2.88. The summed E-state index contributed by atoms with van der Waals surface area (Å²) < 4.78 is 13.5. The van der Waals surface area contributed by atoms with Crippen LogP contribution in [0.2, 0.25) is 0 Å². The third kappa shape index (κ3) is 4.70. The summed E-state index contributed by atoms with van der Waals surface area (Å²) in [6.45, 7) is 6.18. The number of aromatic nitrogens is 1. The van der Waals surface area contributed by atoms with Crippen molar-refractivity contribution in [1.82, 2.24) is 4.57 Å². The summed E-state index contributed by atoms with van der Waals surface area (Å²) in [5.74, 6) is -0.700. The number of esters is 1. The van der Waals surface area contributed by atoms with E-state index >= 15 is 0 Å². The Balaban J connectivity index is 2.07. The number of Topliss-reactive ketones (excluding diaryl/α,β-unsaturated/α-hetero) is 1. The SMILES string of the molecule is COC[C@@H](C)n1c(C)cc(C(=O)COC(=O)c2ccc(I)cc2)c1C. The van der Waals surface area contributed by atoms with Gasteiger partial charge < -0.3 is 14.0 Å². The third-order valence-electron chi connectivity index (χ3n) is 4.05. The van der Waals surface area contributed by atoms with E-state index in [9.17, 15) is 9.59 Å². The molecule has 0 aliphatic heterocycles. The van der Waals surface area contributed by atoms with Crippen LogP contribution >= 0.6 is 22.6 Å². The van der Waals surface area contributed by atoms with E-state index in [0.29, 0.717) is 17.7 Å². The molecule has 0 saturated carbocycles. The van der Waals surface area contributed by atoms with Crippen LogP contribution in [0.25, 0.3) is 0 Å². The van der Waals surface area contributed by atoms with Crippen molar-refractivity contribution in [3.63, 3.8) is 0 Å². The Morgan fingerprint density at radius 3 is 2.44 bits per heavy atom. The fraction of sp³-hybridized carbons (Fsp3) is 0.368. The van der Waals surface area contributed by atoms with Gasteiger partial charge in [0.05, 0.1) is 18.2 Å². The van der Waals surface area contributed by atoms with E-state index < -0.39 is 5.97 Å². The van der Waals surface area contributed by atoms with Crippen LogP contribution in [0.4, 0.5) is 0 Å². The Labute approximate surface area is 161 Å². The number of methoxy groups -OCH3 is 1. The number of ketones is 1. The highest BCUT2D eigenvalue weighted by Gasteiger charge is 2.20.